The van der Waals surface area contributed by atoms with Crippen LogP contribution in [0.1, 0.15) is 11.3 Å². The molecule has 0 spiro atoms. The van der Waals surface area contributed by atoms with Gasteiger partial charge in [-0.15, -0.1) is 0 Å². The third-order valence-corrected chi connectivity index (χ3v) is 2.61. The molecule has 4 heteroatoms. The van der Waals surface area contributed by atoms with E-state index >= 15 is 0 Å². The second kappa shape index (κ2) is 5.46. The molecule has 1 heterocycles. The number of nitrogens with zero attached hydrogens (tertiary/aromatic N) is 2. The molecule has 0 bridgehead atoms. The molecule has 17 heavy (non-hydrogen) atoms. The lowest BCUT2D eigenvalue weighted by atomic mass is 10.2. The quantitative estimate of drug-likeness (QED) is 0.871. The highest BCUT2D eigenvalue weighted by Gasteiger charge is 1.99. The Morgan fingerprint density at radius 3 is 2.82 bits per heavy atom. The van der Waals surface area contributed by atoms with Crippen molar-refractivity contribution in [3.8, 4) is 11.9 Å². The molecule has 1 aromatic carbocycles. The minimum Gasteiger partial charge on any atom is -0.473 e. The van der Waals surface area contributed by atoms with E-state index < -0.39 is 0 Å². The Morgan fingerprint density at radius 1 is 1.24 bits per heavy atom. The lowest BCUT2D eigenvalue weighted by Crippen LogP contribution is -1.97. The molecule has 0 aliphatic carbocycles. The summed E-state index contributed by atoms with van der Waals surface area (Å²) in [6.45, 7) is 0.432. The Kier molecular flexibility index (Phi) is 3.73. The number of nitriles is 1. The molecule has 0 saturated carbocycles. The van der Waals surface area contributed by atoms with Crippen LogP contribution in [0.25, 0.3) is 0 Å². The van der Waals surface area contributed by atoms with Crippen molar-refractivity contribution in [3.05, 3.63) is 58.2 Å². The predicted molar refractivity (Wildman–Crippen MR) is 67.4 cm³/mol. The van der Waals surface area contributed by atoms with Crippen LogP contribution in [0, 0.1) is 11.3 Å². The summed E-state index contributed by atoms with van der Waals surface area (Å²) in [6, 6.07) is 15.0. The number of rotatable bonds is 3. The third kappa shape index (κ3) is 3.30. The molecule has 2 rings (SSSR count). The van der Waals surface area contributed by atoms with E-state index in [0.29, 0.717) is 18.2 Å². The number of halogens is 1. The minimum atomic E-state index is 0.358. The topological polar surface area (TPSA) is 45.9 Å². The summed E-state index contributed by atoms with van der Waals surface area (Å²) in [4.78, 5) is 4.03. The van der Waals surface area contributed by atoms with Gasteiger partial charge in [-0.2, -0.15) is 5.26 Å². The van der Waals surface area contributed by atoms with Crippen molar-refractivity contribution in [1.29, 1.82) is 5.26 Å². The van der Waals surface area contributed by atoms with Crippen molar-refractivity contribution in [3.63, 3.8) is 0 Å². The molecule has 0 N–H and O–H groups in total. The van der Waals surface area contributed by atoms with Crippen LogP contribution in [0.5, 0.6) is 5.88 Å². The van der Waals surface area contributed by atoms with Crippen LogP contribution in [0.3, 0.4) is 0 Å². The molecular weight excluding hydrogens is 280 g/mol. The molecule has 0 amide bonds. The molecule has 0 aliphatic heterocycles. The number of hydrogen-bond acceptors (Lipinski definition) is 3. The zero-order valence-electron chi connectivity index (χ0n) is 8.93. The maximum atomic E-state index is 8.71. The molecule has 0 saturated heterocycles. The first-order chi connectivity index (χ1) is 8.28. The summed E-state index contributed by atoms with van der Waals surface area (Å²) in [7, 11) is 0. The molecule has 0 fully saturated rings. The molecule has 0 aliphatic rings. The molecule has 0 atom stereocenters. The van der Waals surface area contributed by atoms with Crippen molar-refractivity contribution < 1.29 is 4.74 Å². The zero-order chi connectivity index (χ0) is 12.1. The largest absolute Gasteiger partial charge is 0.473 e. The zero-order valence-corrected chi connectivity index (χ0v) is 10.5. The van der Waals surface area contributed by atoms with E-state index in [4.69, 9.17) is 10.00 Å². The number of hydrogen-bond donors (Lipinski definition) is 0. The first-order valence-corrected chi connectivity index (χ1v) is 5.81. The standard InChI is InChI=1S/C13H9BrN2O/c14-11-4-1-3-10(7-11)9-17-13-6-2-5-12(8-15)16-13/h1-7H,9H2. The van der Waals surface area contributed by atoms with Crippen molar-refractivity contribution in [1.82, 2.24) is 4.98 Å². The van der Waals surface area contributed by atoms with E-state index in [-0.39, 0.29) is 0 Å². The maximum Gasteiger partial charge on any atom is 0.214 e. The summed E-state index contributed by atoms with van der Waals surface area (Å²) in [5.41, 5.74) is 1.40. The number of ether oxygens (including phenoxy) is 1. The highest BCUT2D eigenvalue weighted by Crippen LogP contribution is 2.14. The Bertz CT molecular complexity index is 563. The lowest BCUT2D eigenvalue weighted by molar-refractivity contribution is 0.293. The van der Waals surface area contributed by atoms with Gasteiger partial charge in [0.05, 0.1) is 0 Å². The summed E-state index contributed by atoms with van der Waals surface area (Å²) in [5, 5.41) is 8.71. The third-order valence-electron chi connectivity index (χ3n) is 2.11. The Labute approximate surface area is 108 Å². The van der Waals surface area contributed by atoms with Crippen molar-refractivity contribution in [2.24, 2.45) is 0 Å². The van der Waals surface area contributed by atoms with E-state index in [1.807, 2.05) is 30.3 Å². The summed E-state index contributed by atoms with van der Waals surface area (Å²) >= 11 is 3.40. The van der Waals surface area contributed by atoms with Gasteiger partial charge in [0.15, 0.2) is 0 Å². The van der Waals surface area contributed by atoms with Gasteiger partial charge in [0.1, 0.15) is 18.4 Å². The van der Waals surface area contributed by atoms with Gasteiger partial charge in [0.2, 0.25) is 5.88 Å². The normalized spacial score (nSPS) is 9.65. The minimum absolute atomic E-state index is 0.358. The van der Waals surface area contributed by atoms with Crippen LogP contribution in [-0.2, 0) is 6.61 Å². The second-order valence-electron chi connectivity index (χ2n) is 3.39. The van der Waals surface area contributed by atoms with Gasteiger partial charge in [0.25, 0.3) is 0 Å². The predicted octanol–water partition coefficient (Wildman–Crippen LogP) is 3.29. The molecule has 2 aromatic rings. The van der Waals surface area contributed by atoms with Gasteiger partial charge >= 0.3 is 0 Å². The first kappa shape index (κ1) is 11.6. The van der Waals surface area contributed by atoms with Crippen LogP contribution in [-0.4, -0.2) is 4.98 Å². The van der Waals surface area contributed by atoms with E-state index in [1.54, 1.807) is 18.2 Å². The molecule has 0 radical (unpaired) electrons. The maximum absolute atomic E-state index is 8.71. The molecule has 84 valence electrons. The van der Waals surface area contributed by atoms with Gasteiger partial charge < -0.3 is 4.74 Å². The van der Waals surface area contributed by atoms with Crippen molar-refractivity contribution in [2.45, 2.75) is 6.61 Å². The van der Waals surface area contributed by atoms with Crippen LogP contribution in [0.2, 0.25) is 0 Å². The second-order valence-corrected chi connectivity index (χ2v) is 4.31. The summed E-state index contributed by atoms with van der Waals surface area (Å²) in [5.74, 6) is 0.462. The molecular formula is C13H9BrN2O. The van der Waals surface area contributed by atoms with Crippen molar-refractivity contribution >= 4 is 15.9 Å². The molecule has 0 unspecified atom stereocenters. The van der Waals surface area contributed by atoms with Gasteiger partial charge in [-0.1, -0.05) is 34.1 Å². The van der Waals surface area contributed by atoms with Crippen LogP contribution < -0.4 is 4.74 Å². The van der Waals surface area contributed by atoms with Gasteiger partial charge in [0, 0.05) is 10.5 Å². The monoisotopic (exact) mass is 288 g/mol. The van der Waals surface area contributed by atoms with Gasteiger partial charge in [-0.3, -0.25) is 0 Å². The van der Waals surface area contributed by atoms with E-state index in [2.05, 4.69) is 20.9 Å². The smallest absolute Gasteiger partial charge is 0.214 e. The fourth-order valence-corrected chi connectivity index (χ4v) is 1.79. The summed E-state index contributed by atoms with van der Waals surface area (Å²) in [6.07, 6.45) is 0. The van der Waals surface area contributed by atoms with Crippen molar-refractivity contribution in [2.75, 3.05) is 0 Å². The Hall–Kier alpha value is -1.86. The highest BCUT2D eigenvalue weighted by atomic mass is 79.9. The van der Waals surface area contributed by atoms with Gasteiger partial charge in [-0.05, 0) is 23.8 Å². The van der Waals surface area contributed by atoms with E-state index in [1.165, 1.54) is 0 Å². The SMILES string of the molecule is N#Cc1cccc(OCc2cccc(Br)c2)n1. The average Bonchev–Trinajstić information content (AvgIpc) is 2.37. The van der Waals surface area contributed by atoms with Gasteiger partial charge in [-0.25, -0.2) is 4.98 Å². The number of aromatic nitrogens is 1. The number of benzene rings is 1. The van der Waals surface area contributed by atoms with E-state index in [0.717, 1.165) is 10.0 Å². The molecule has 1 aromatic heterocycles. The van der Waals surface area contributed by atoms with Crippen LogP contribution in [0.15, 0.2) is 46.9 Å². The Morgan fingerprint density at radius 2 is 2.06 bits per heavy atom. The lowest BCUT2D eigenvalue weighted by Gasteiger charge is -2.05. The average molecular weight is 289 g/mol. The fourth-order valence-electron chi connectivity index (χ4n) is 1.34. The Balaban J connectivity index is 2.05. The first-order valence-electron chi connectivity index (χ1n) is 5.02. The van der Waals surface area contributed by atoms with E-state index in [9.17, 15) is 0 Å². The molecule has 3 nitrogen and oxygen atoms in total. The van der Waals surface area contributed by atoms with Crippen LogP contribution in [0.4, 0.5) is 0 Å². The van der Waals surface area contributed by atoms with Crippen LogP contribution >= 0.6 is 15.9 Å². The fraction of sp³-hybridized carbons (Fsp3) is 0.0769. The number of pyridine rings is 1. The summed E-state index contributed by atoms with van der Waals surface area (Å²) < 4.78 is 6.52. The highest BCUT2D eigenvalue weighted by molar-refractivity contribution is 9.10.